The fourth-order valence-electron chi connectivity index (χ4n) is 2.71. The van der Waals surface area contributed by atoms with Crippen molar-refractivity contribution in [3.05, 3.63) is 0 Å². The molecule has 16 heteroatoms. The molecule has 4 atom stereocenters. The molecular weight excluding hydrogens is 458 g/mol. The minimum absolute atomic E-state index is 0.0538. The second kappa shape index (κ2) is 15.7. The number of ether oxygens (including phenoxy) is 2. The Hall–Kier alpha value is -3.05. The van der Waals surface area contributed by atoms with Crippen molar-refractivity contribution in [1.82, 2.24) is 32.1 Å². The van der Waals surface area contributed by atoms with Crippen LogP contribution in [0.25, 0.3) is 0 Å². The molecule has 1 fully saturated rings. The standard InChI is InChI=1S/C18H33N7O9/c1-10(27)15-17(31)20-2-3-33-4-5-34-9-14(29)23-12(8-26)16(30)25-21-7-11(6-13(19)28)22-18(32)24-15/h10-12,15,21,26-27H,2-9H2,1H3,(H2,19,28)(H,20,31)(H,23,29)(H,25,30)(H2,22,24,32)/t10?,11-,12-,15?/m0/s1. The highest BCUT2D eigenvalue weighted by Crippen LogP contribution is 1.96. The number of aliphatic hydroxyl groups excluding tert-OH is 2. The number of hydrogen-bond acceptors (Lipinski definition) is 10. The normalized spacial score (nSPS) is 25.9. The Kier molecular flexibility index (Phi) is 13.4. The van der Waals surface area contributed by atoms with Crippen molar-refractivity contribution in [3.63, 3.8) is 0 Å². The van der Waals surface area contributed by atoms with Crippen LogP contribution in [0.4, 0.5) is 4.79 Å². The SMILES string of the molecule is CC(O)C1NC(=O)N[C@@H](CC(N)=O)CNNC(=O)[C@H](CO)NC(=O)COCCOCCNC1=O. The number of nitrogens with one attached hydrogen (secondary N) is 6. The van der Waals surface area contributed by atoms with Crippen LogP contribution < -0.4 is 37.9 Å². The monoisotopic (exact) mass is 491 g/mol. The number of hydrogen-bond donors (Lipinski definition) is 9. The number of hydrazine groups is 1. The van der Waals surface area contributed by atoms with Gasteiger partial charge >= 0.3 is 6.03 Å². The average molecular weight is 492 g/mol. The molecule has 1 heterocycles. The topological polar surface area (TPSA) is 242 Å². The fourth-order valence-corrected chi connectivity index (χ4v) is 2.71. The zero-order valence-corrected chi connectivity index (χ0v) is 18.8. The summed E-state index contributed by atoms with van der Waals surface area (Å²) in [5.74, 6) is -2.87. The minimum Gasteiger partial charge on any atom is -0.394 e. The number of amides is 6. The maximum atomic E-state index is 12.3. The summed E-state index contributed by atoms with van der Waals surface area (Å²) in [7, 11) is 0. The molecule has 10 N–H and O–H groups in total. The fraction of sp³-hybridized carbons (Fsp3) is 0.722. The predicted octanol–water partition coefficient (Wildman–Crippen LogP) is -5.46. The van der Waals surface area contributed by atoms with Gasteiger partial charge in [0.25, 0.3) is 5.91 Å². The van der Waals surface area contributed by atoms with Crippen LogP contribution in [0, 0.1) is 0 Å². The Balaban J connectivity index is 2.88. The number of urea groups is 1. The molecule has 0 aromatic carbocycles. The van der Waals surface area contributed by atoms with Gasteiger partial charge in [-0.05, 0) is 6.92 Å². The first-order chi connectivity index (χ1) is 16.1. The van der Waals surface area contributed by atoms with Crippen LogP contribution in [0.5, 0.6) is 0 Å². The molecule has 0 bridgehead atoms. The molecule has 2 unspecified atom stereocenters. The Morgan fingerprint density at radius 2 is 1.79 bits per heavy atom. The highest BCUT2D eigenvalue weighted by atomic mass is 16.5. The molecule has 34 heavy (non-hydrogen) atoms. The highest BCUT2D eigenvalue weighted by molar-refractivity contribution is 5.88. The lowest BCUT2D eigenvalue weighted by molar-refractivity contribution is -0.133. The van der Waals surface area contributed by atoms with Crippen LogP contribution >= 0.6 is 0 Å². The number of rotatable bonds is 4. The number of aliphatic hydroxyl groups is 2. The molecular formula is C18H33N7O9. The molecule has 0 spiro atoms. The van der Waals surface area contributed by atoms with Gasteiger partial charge in [0.2, 0.25) is 17.7 Å². The number of carbonyl (C=O) groups excluding carboxylic acids is 5. The maximum Gasteiger partial charge on any atom is 0.315 e. The molecule has 1 aliphatic heterocycles. The van der Waals surface area contributed by atoms with Crippen molar-refractivity contribution >= 4 is 29.7 Å². The third kappa shape index (κ3) is 11.7. The predicted molar refractivity (Wildman–Crippen MR) is 115 cm³/mol. The number of nitrogens with two attached hydrogens (primary N) is 1. The summed E-state index contributed by atoms with van der Waals surface area (Å²) >= 11 is 0. The third-order valence-electron chi connectivity index (χ3n) is 4.38. The molecule has 1 saturated heterocycles. The summed E-state index contributed by atoms with van der Waals surface area (Å²) in [6, 6.07) is -4.39. The molecule has 0 aromatic rings. The quantitative estimate of drug-likeness (QED) is 0.181. The molecule has 0 aliphatic carbocycles. The van der Waals surface area contributed by atoms with E-state index in [9.17, 15) is 34.2 Å². The van der Waals surface area contributed by atoms with Crippen LogP contribution in [-0.4, -0.2) is 110 Å². The summed E-state index contributed by atoms with van der Waals surface area (Å²) in [6.45, 7) is 0.383. The lowest BCUT2D eigenvalue weighted by atomic mass is 10.1. The average Bonchev–Trinajstić information content (AvgIpc) is 2.75. The van der Waals surface area contributed by atoms with E-state index in [1.54, 1.807) is 0 Å². The van der Waals surface area contributed by atoms with Crippen LogP contribution in [-0.2, 0) is 28.7 Å². The molecule has 0 aromatic heterocycles. The van der Waals surface area contributed by atoms with Gasteiger partial charge in [-0.2, -0.15) is 0 Å². The lowest BCUT2D eigenvalue weighted by Gasteiger charge is -2.24. The number of carbonyl (C=O) groups is 5. The van der Waals surface area contributed by atoms with E-state index >= 15 is 0 Å². The maximum absolute atomic E-state index is 12.3. The van der Waals surface area contributed by atoms with Gasteiger partial charge in [-0.3, -0.25) is 24.6 Å². The van der Waals surface area contributed by atoms with E-state index in [1.165, 1.54) is 6.92 Å². The zero-order chi connectivity index (χ0) is 25.5. The van der Waals surface area contributed by atoms with E-state index in [0.717, 1.165) is 0 Å². The first-order valence-electron chi connectivity index (χ1n) is 10.5. The Morgan fingerprint density at radius 1 is 1.09 bits per heavy atom. The van der Waals surface area contributed by atoms with Gasteiger partial charge in [0.1, 0.15) is 18.7 Å². The van der Waals surface area contributed by atoms with Gasteiger partial charge in [0.15, 0.2) is 0 Å². The van der Waals surface area contributed by atoms with Gasteiger partial charge < -0.3 is 46.7 Å². The van der Waals surface area contributed by atoms with Crippen molar-refractivity contribution in [2.24, 2.45) is 5.73 Å². The van der Waals surface area contributed by atoms with Crippen molar-refractivity contribution < 1.29 is 43.7 Å². The molecule has 1 rings (SSSR count). The van der Waals surface area contributed by atoms with Gasteiger partial charge in [-0.1, -0.05) is 0 Å². The lowest BCUT2D eigenvalue weighted by Crippen LogP contribution is -2.59. The number of primary amides is 1. The van der Waals surface area contributed by atoms with E-state index < -0.39 is 60.5 Å². The van der Waals surface area contributed by atoms with Crippen LogP contribution in [0.3, 0.4) is 0 Å². The summed E-state index contributed by atoms with van der Waals surface area (Å²) < 4.78 is 10.4. The van der Waals surface area contributed by atoms with E-state index in [2.05, 4.69) is 32.1 Å². The van der Waals surface area contributed by atoms with Crippen LogP contribution in [0.15, 0.2) is 0 Å². The second-order valence-corrected chi connectivity index (χ2v) is 7.33. The van der Waals surface area contributed by atoms with Crippen molar-refractivity contribution in [1.29, 1.82) is 0 Å². The second-order valence-electron chi connectivity index (χ2n) is 7.33. The molecule has 6 amide bonds. The Labute approximate surface area is 195 Å². The first-order valence-corrected chi connectivity index (χ1v) is 10.5. The van der Waals surface area contributed by atoms with E-state index in [0.29, 0.717) is 0 Å². The summed E-state index contributed by atoms with van der Waals surface area (Å²) in [5, 5.41) is 28.8. The van der Waals surface area contributed by atoms with E-state index in [1.807, 2.05) is 0 Å². The van der Waals surface area contributed by atoms with Crippen molar-refractivity contribution in [2.75, 3.05) is 46.1 Å². The van der Waals surface area contributed by atoms with Crippen molar-refractivity contribution in [3.8, 4) is 0 Å². The molecule has 0 radical (unpaired) electrons. The van der Waals surface area contributed by atoms with Crippen LogP contribution in [0.1, 0.15) is 13.3 Å². The molecule has 194 valence electrons. The Morgan fingerprint density at radius 3 is 2.44 bits per heavy atom. The van der Waals surface area contributed by atoms with Gasteiger partial charge in [-0.25, -0.2) is 10.2 Å². The minimum atomic E-state index is -1.30. The van der Waals surface area contributed by atoms with Gasteiger partial charge in [-0.15, -0.1) is 0 Å². The smallest absolute Gasteiger partial charge is 0.315 e. The molecule has 0 saturated carbocycles. The summed E-state index contributed by atoms with van der Waals surface area (Å²) in [5.41, 5.74) is 9.90. The summed E-state index contributed by atoms with van der Waals surface area (Å²) in [4.78, 5) is 60.1. The van der Waals surface area contributed by atoms with Gasteiger partial charge in [0.05, 0.1) is 38.6 Å². The molecule has 16 nitrogen and oxygen atoms in total. The summed E-state index contributed by atoms with van der Waals surface area (Å²) in [6.07, 6.45) is -1.56. The Bertz CT molecular complexity index is 707. The first kappa shape index (κ1) is 29.0. The largest absolute Gasteiger partial charge is 0.394 e. The van der Waals surface area contributed by atoms with E-state index in [4.69, 9.17) is 15.2 Å². The van der Waals surface area contributed by atoms with Crippen LogP contribution in [0.2, 0.25) is 0 Å². The molecule has 1 aliphatic rings. The van der Waals surface area contributed by atoms with Gasteiger partial charge in [0, 0.05) is 19.5 Å². The zero-order valence-electron chi connectivity index (χ0n) is 18.8. The van der Waals surface area contributed by atoms with Crippen molar-refractivity contribution in [2.45, 2.75) is 37.6 Å². The van der Waals surface area contributed by atoms with E-state index in [-0.39, 0.29) is 45.9 Å². The third-order valence-corrected chi connectivity index (χ3v) is 4.38. The highest BCUT2D eigenvalue weighted by Gasteiger charge is 2.27.